The highest BCUT2D eigenvalue weighted by atomic mass is 32.1. The summed E-state index contributed by atoms with van der Waals surface area (Å²) in [7, 11) is 0. The maximum atomic E-state index is 15.0. The van der Waals surface area contributed by atoms with E-state index in [-0.39, 0.29) is 19.0 Å². The number of rotatable bonds is 9. The van der Waals surface area contributed by atoms with Gasteiger partial charge in [-0.1, -0.05) is 54.6 Å². The number of hydrogen-bond acceptors (Lipinski definition) is 5. The molecule has 2 amide bonds. The van der Waals surface area contributed by atoms with E-state index in [0.29, 0.717) is 17.8 Å². The summed E-state index contributed by atoms with van der Waals surface area (Å²) < 4.78 is 20.3. The Labute approximate surface area is 225 Å². The van der Waals surface area contributed by atoms with Crippen molar-refractivity contribution in [1.29, 1.82) is 0 Å². The van der Waals surface area contributed by atoms with Gasteiger partial charge in [-0.05, 0) is 47.0 Å². The number of carbonyl (C=O) groups is 2. The lowest BCUT2D eigenvalue weighted by Crippen LogP contribution is -2.33. The average Bonchev–Trinajstić information content (AvgIpc) is 3.55. The molecule has 1 fully saturated rings. The van der Waals surface area contributed by atoms with Gasteiger partial charge in [-0.25, -0.2) is 9.18 Å². The van der Waals surface area contributed by atoms with Crippen LogP contribution in [-0.2, 0) is 22.6 Å². The number of ether oxygens (including phenoxy) is 1. The van der Waals surface area contributed by atoms with Crippen LogP contribution in [0.25, 0.3) is 21.6 Å². The molecule has 1 aliphatic heterocycles. The van der Waals surface area contributed by atoms with Gasteiger partial charge in [0.2, 0.25) is 5.91 Å². The van der Waals surface area contributed by atoms with Gasteiger partial charge in [-0.15, -0.1) is 11.3 Å². The van der Waals surface area contributed by atoms with Gasteiger partial charge in [-0.2, -0.15) is 0 Å². The predicted octanol–water partition coefficient (Wildman–Crippen LogP) is 5.97. The van der Waals surface area contributed by atoms with Crippen LogP contribution in [0.15, 0.2) is 84.9 Å². The van der Waals surface area contributed by atoms with Gasteiger partial charge in [0.15, 0.2) is 0 Å². The molecule has 38 heavy (non-hydrogen) atoms. The zero-order chi connectivity index (χ0) is 26.5. The van der Waals surface area contributed by atoms with E-state index in [0.717, 1.165) is 17.7 Å². The molecule has 3 aromatic carbocycles. The molecule has 0 radical (unpaired) electrons. The molecule has 2 N–H and O–H groups in total. The maximum absolute atomic E-state index is 15.0. The number of carbonyl (C=O) groups excluding carboxylic acids is 2. The summed E-state index contributed by atoms with van der Waals surface area (Å²) in [6.07, 6.45) is -1.02. The van der Waals surface area contributed by atoms with Gasteiger partial charge in [0, 0.05) is 35.3 Å². The van der Waals surface area contributed by atoms with Crippen molar-refractivity contribution in [3.8, 4) is 21.6 Å². The molecule has 8 heteroatoms. The summed E-state index contributed by atoms with van der Waals surface area (Å²) >= 11 is 1.78. The van der Waals surface area contributed by atoms with Crippen molar-refractivity contribution in [2.75, 3.05) is 18.0 Å². The van der Waals surface area contributed by atoms with Crippen LogP contribution in [0.4, 0.5) is 14.9 Å². The average molecular weight is 530 g/mol. The molecular weight excluding hydrogens is 501 g/mol. The number of halogens is 1. The second-order valence-corrected chi connectivity index (χ2v) is 10.3. The monoisotopic (exact) mass is 529 g/mol. The molecule has 1 saturated heterocycles. The van der Waals surface area contributed by atoms with Gasteiger partial charge in [-0.3, -0.25) is 9.69 Å². The first-order chi connectivity index (χ1) is 18.5. The highest BCUT2D eigenvalue weighted by Gasteiger charge is 2.32. The van der Waals surface area contributed by atoms with Crippen LogP contribution in [0.2, 0.25) is 0 Å². The van der Waals surface area contributed by atoms with Crippen molar-refractivity contribution in [3.63, 3.8) is 0 Å². The van der Waals surface area contributed by atoms with Gasteiger partial charge < -0.3 is 15.4 Å². The van der Waals surface area contributed by atoms with Gasteiger partial charge in [0.05, 0.1) is 18.8 Å². The fourth-order valence-electron chi connectivity index (χ4n) is 4.36. The molecule has 1 aromatic heterocycles. The van der Waals surface area contributed by atoms with Crippen LogP contribution in [-0.4, -0.2) is 31.2 Å². The van der Waals surface area contributed by atoms with Crippen LogP contribution in [0.3, 0.4) is 0 Å². The fourth-order valence-corrected chi connectivity index (χ4v) is 5.35. The van der Waals surface area contributed by atoms with E-state index >= 15 is 4.39 Å². The van der Waals surface area contributed by atoms with E-state index < -0.39 is 18.0 Å². The third kappa shape index (κ3) is 6.10. The van der Waals surface area contributed by atoms with Crippen LogP contribution in [0.5, 0.6) is 0 Å². The van der Waals surface area contributed by atoms with Crippen LogP contribution < -0.4 is 15.5 Å². The number of nitrogens with one attached hydrogen (secondary N) is 2. The lowest BCUT2D eigenvalue weighted by Gasteiger charge is -2.15. The van der Waals surface area contributed by atoms with E-state index in [1.54, 1.807) is 23.5 Å². The molecule has 4 aromatic rings. The summed E-state index contributed by atoms with van der Waals surface area (Å²) in [5.74, 6) is -0.616. The first kappa shape index (κ1) is 25.6. The number of anilines is 1. The topological polar surface area (TPSA) is 70.7 Å². The van der Waals surface area contributed by atoms with Crippen molar-refractivity contribution < 1.29 is 18.7 Å². The lowest BCUT2D eigenvalue weighted by atomic mass is 10.0. The summed E-state index contributed by atoms with van der Waals surface area (Å²) in [4.78, 5) is 27.3. The standard InChI is InChI=1S/C30H28FN3O3S/c1-20(35)33-17-25-19-34(30(36)37-25)24-11-13-27(28(31)15-24)22-9-7-21(8-10-22)16-32-18-26-12-14-29(38-26)23-5-3-2-4-6-23/h2-15,25,32H,16-19H2,1H3,(H,33,35)/t25-/m0/s1. The second-order valence-electron chi connectivity index (χ2n) is 9.15. The minimum atomic E-state index is -0.553. The van der Waals surface area contributed by atoms with Crippen LogP contribution >= 0.6 is 11.3 Å². The SMILES string of the molecule is CC(=O)NC[C@H]1CN(c2ccc(-c3ccc(CNCc4ccc(-c5ccccc5)s4)cc3)c(F)c2)C(=O)O1. The molecule has 2 heterocycles. The smallest absolute Gasteiger partial charge is 0.414 e. The zero-order valence-electron chi connectivity index (χ0n) is 20.9. The number of hydrogen-bond donors (Lipinski definition) is 2. The van der Waals surface area contributed by atoms with Crippen LogP contribution in [0, 0.1) is 5.82 Å². The second kappa shape index (κ2) is 11.6. The Bertz CT molecular complexity index is 1420. The third-order valence-corrected chi connectivity index (χ3v) is 7.46. The number of amides is 2. The van der Waals surface area contributed by atoms with Crippen molar-refractivity contribution in [2.45, 2.75) is 26.1 Å². The molecule has 6 nitrogen and oxygen atoms in total. The molecule has 0 aliphatic carbocycles. The highest BCUT2D eigenvalue weighted by molar-refractivity contribution is 7.15. The van der Waals surface area contributed by atoms with Crippen molar-refractivity contribution in [3.05, 3.63) is 101 Å². The Morgan fingerprint density at radius 2 is 1.79 bits per heavy atom. The number of cyclic esters (lactones) is 1. The van der Waals surface area contributed by atoms with E-state index in [2.05, 4.69) is 34.9 Å². The van der Waals surface area contributed by atoms with Crippen LogP contribution in [0.1, 0.15) is 17.4 Å². The summed E-state index contributed by atoms with van der Waals surface area (Å²) in [6.45, 7) is 3.36. The molecule has 194 valence electrons. The highest BCUT2D eigenvalue weighted by Crippen LogP contribution is 2.30. The van der Waals surface area contributed by atoms with E-state index in [9.17, 15) is 9.59 Å². The molecule has 1 atom stereocenters. The molecule has 5 rings (SSSR count). The Morgan fingerprint density at radius 3 is 2.53 bits per heavy atom. The van der Waals surface area contributed by atoms with Gasteiger partial charge in [0.1, 0.15) is 11.9 Å². The molecule has 0 unspecified atom stereocenters. The minimum absolute atomic E-state index is 0.198. The predicted molar refractivity (Wildman–Crippen MR) is 148 cm³/mol. The summed E-state index contributed by atoms with van der Waals surface area (Å²) in [5, 5.41) is 6.11. The number of benzene rings is 3. The largest absolute Gasteiger partial charge is 0.442 e. The Kier molecular flexibility index (Phi) is 7.81. The van der Waals surface area contributed by atoms with Crippen molar-refractivity contribution in [2.24, 2.45) is 0 Å². The van der Waals surface area contributed by atoms with E-state index in [1.165, 1.54) is 33.2 Å². The minimum Gasteiger partial charge on any atom is -0.442 e. The third-order valence-electron chi connectivity index (χ3n) is 6.33. The number of nitrogens with zero attached hydrogens (tertiary/aromatic N) is 1. The van der Waals surface area contributed by atoms with E-state index in [4.69, 9.17) is 4.74 Å². The first-order valence-corrected chi connectivity index (χ1v) is 13.2. The Hall–Kier alpha value is -4.01. The summed E-state index contributed by atoms with van der Waals surface area (Å²) in [5.41, 5.74) is 3.98. The van der Waals surface area contributed by atoms with Gasteiger partial charge in [0.25, 0.3) is 0 Å². The van der Waals surface area contributed by atoms with E-state index in [1.807, 2.05) is 42.5 Å². The molecule has 0 spiro atoms. The van der Waals surface area contributed by atoms with Crippen molar-refractivity contribution in [1.82, 2.24) is 10.6 Å². The Balaban J connectivity index is 1.16. The fraction of sp³-hybridized carbons (Fsp3) is 0.200. The quantitative estimate of drug-likeness (QED) is 0.280. The van der Waals surface area contributed by atoms with Gasteiger partial charge >= 0.3 is 6.09 Å². The lowest BCUT2D eigenvalue weighted by molar-refractivity contribution is -0.119. The van der Waals surface area contributed by atoms with Crippen molar-refractivity contribution >= 4 is 29.0 Å². The molecule has 1 aliphatic rings. The normalized spacial score (nSPS) is 14.9. The zero-order valence-corrected chi connectivity index (χ0v) is 21.8. The Morgan fingerprint density at radius 1 is 1.00 bits per heavy atom. The molecule has 0 saturated carbocycles. The molecular formula is C30H28FN3O3S. The first-order valence-electron chi connectivity index (χ1n) is 12.4. The maximum Gasteiger partial charge on any atom is 0.414 e. The summed E-state index contributed by atoms with van der Waals surface area (Å²) in [6, 6.07) is 27.2. The molecule has 0 bridgehead atoms. The number of thiophene rings is 1.